The van der Waals surface area contributed by atoms with Crippen LogP contribution in [0.25, 0.3) is 0 Å². The van der Waals surface area contributed by atoms with Gasteiger partial charge in [0.1, 0.15) is 4.88 Å². The van der Waals surface area contributed by atoms with Gasteiger partial charge in [-0.25, -0.2) is 9.59 Å². The van der Waals surface area contributed by atoms with E-state index in [1.807, 2.05) is 0 Å². The average Bonchev–Trinajstić information content (AvgIpc) is 2.89. The summed E-state index contributed by atoms with van der Waals surface area (Å²) in [5, 5.41) is 9.32. The minimum absolute atomic E-state index is 0.0513. The van der Waals surface area contributed by atoms with Crippen LogP contribution in [0.4, 0.5) is 4.79 Å². The van der Waals surface area contributed by atoms with E-state index in [2.05, 4.69) is 15.9 Å². The molecule has 122 valence electrons. The Balaban J connectivity index is 1.91. The van der Waals surface area contributed by atoms with Crippen molar-refractivity contribution in [2.45, 2.75) is 25.3 Å². The maximum atomic E-state index is 11.7. The largest absolute Gasteiger partial charge is 0.465 e. The molecule has 1 aromatic heterocycles. The fraction of sp³-hybridized carbons (Fsp3) is 0.571. The molecule has 0 aliphatic carbocycles. The molecular weight excluding hydrogens is 374 g/mol. The van der Waals surface area contributed by atoms with Gasteiger partial charge in [-0.1, -0.05) is 0 Å². The first-order valence-electron chi connectivity index (χ1n) is 6.97. The van der Waals surface area contributed by atoms with Crippen LogP contribution >= 0.6 is 27.3 Å². The summed E-state index contributed by atoms with van der Waals surface area (Å²) in [4.78, 5) is 26.4. The summed E-state index contributed by atoms with van der Waals surface area (Å²) in [6, 6.07) is 1.58. The van der Waals surface area contributed by atoms with Gasteiger partial charge >= 0.3 is 12.1 Å². The highest BCUT2D eigenvalue weighted by Gasteiger charge is 2.28. The number of methoxy groups -OCH3 is 1. The molecule has 1 aliphatic rings. The quantitative estimate of drug-likeness (QED) is 0.753. The Hall–Kier alpha value is -1.12. The highest BCUT2D eigenvalue weighted by atomic mass is 79.9. The lowest BCUT2D eigenvalue weighted by atomic mass is 10.1. The third-order valence-corrected chi connectivity index (χ3v) is 5.65. The van der Waals surface area contributed by atoms with Crippen LogP contribution in [0.1, 0.15) is 27.4 Å². The van der Waals surface area contributed by atoms with Crippen LogP contribution in [0.15, 0.2) is 10.5 Å². The Morgan fingerprint density at radius 1 is 1.64 bits per heavy atom. The molecule has 0 unspecified atom stereocenters. The van der Waals surface area contributed by atoms with Crippen LogP contribution in [-0.4, -0.2) is 55.0 Å². The lowest BCUT2D eigenvalue weighted by Crippen LogP contribution is -2.47. The average molecular weight is 392 g/mol. The second-order valence-electron chi connectivity index (χ2n) is 4.91. The number of aliphatic hydroxyl groups excluding tert-OH is 1. The van der Waals surface area contributed by atoms with E-state index in [-0.39, 0.29) is 24.7 Å². The van der Waals surface area contributed by atoms with Gasteiger partial charge in [-0.15, -0.1) is 11.3 Å². The first-order chi connectivity index (χ1) is 10.6. The SMILES string of the molecule is COC(=O)c1cc(Br)c(CCCN2C(=O)OCC[C@@H]2CO)s1. The van der Waals surface area contributed by atoms with Gasteiger partial charge in [0, 0.05) is 22.3 Å². The van der Waals surface area contributed by atoms with Crippen molar-refractivity contribution in [2.24, 2.45) is 0 Å². The van der Waals surface area contributed by atoms with Gasteiger partial charge in [-0.2, -0.15) is 0 Å². The van der Waals surface area contributed by atoms with Crippen LogP contribution < -0.4 is 0 Å². The number of esters is 1. The topological polar surface area (TPSA) is 76.1 Å². The Kier molecular flexibility index (Phi) is 6.22. The third kappa shape index (κ3) is 3.99. The number of ether oxygens (including phenoxy) is 2. The zero-order valence-electron chi connectivity index (χ0n) is 12.2. The van der Waals surface area contributed by atoms with E-state index in [1.165, 1.54) is 18.4 Å². The molecule has 2 rings (SSSR count). The maximum absolute atomic E-state index is 11.7. The van der Waals surface area contributed by atoms with E-state index in [0.717, 1.165) is 22.2 Å². The number of carbonyl (C=O) groups is 2. The first kappa shape index (κ1) is 17.2. The molecule has 0 bridgehead atoms. The van der Waals surface area contributed by atoms with Crippen LogP contribution in [0.2, 0.25) is 0 Å². The third-order valence-electron chi connectivity index (χ3n) is 3.51. The number of carbonyl (C=O) groups excluding carboxylic acids is 2. The zero-order valence-corrected chi connectivity index (χ0v) is 14.6. The van der Waals surface area contributed by atoms with Crippen molar-refractivity contribution in [2.75, 3.05) is 26.9 Å². The number of nitrogens with zero attached hydrogens (tertiary/aromatic N) is 1. The Morgan fingerprint density at radius 2 is 2.41 bits per heavy atom. The van der Waals surface area contributed by atoms with Gasteiger partial charge in [-0.05, 0) is 34.8 Å². The molecule has 0 aromatic carbocycles. The van der Waals surface area contributed by atoms with E-state index in [1.54, 1.807) is 11.0 Å². The van der Waals surface area contributed by atoms with Crippen molar-refractivity contribution in [1.82, 2.24) is 4.90 Å². The normalized spacial score (nSPS) is 18.2. The lowest BCUT2D eigenvalue weighted by molar-refractivity contribution is 0.0248. The molecule has 1 atom stereocenters. The van der Waals surface area contributed by atoms with Crippen molar-refractivity contribution < 1.29 is 24.2 Å². The van der Waals surface area contributed by atoms with Gasteiger partial charge in [0.2, 0.25) is 0 Å². The molecule has 1 saturated heterocycles. The molecule has 1 N–H and O–H groups in total. The monoisotopic (exact) mass is 391 g/mol. The molecule has 8 heteroatoms. The molecule has 1 amide bonds. The van der Waals surface area contributed by atoms with Crippen molar-refractivity contribution in [1.29, 1.82) is 0 Å². The van der Waals surface area contributed by atoms with Crippen LogP contribution in [0, 0.1) is 0 Å². The second-order valence-corrected chi connectivity index (χ2v) is 6.90. The molecule has 6 nitrogen and oxygen atoms in total. The molecular formula is C14H18BrNO5S. The number of hydrogen-bond donors (Lipinski definition) is 1. The number of amides is 1. The molecule has 1 aromatic rings. The van der Waals surface area contributed by atoms with E-state index >= 15 is 0 Å². The Bertz CT molecular complexity index is 547. The first-order valence-corrected chi connectivity index (χ1v) is 8.58. The van der Waals surface area contributed by atoms with E-state index in [9.17, 15) is 14.7 Å². The number of hydrogen-bond acceptors (Lipinski definition) is 6. The molecule has 22 heavy (non-hydrogen) atoms. The highest BCUT2D eigenvalue weighted by molar-refractivity contribution is 9.10. The lowest BCUT2D eigenvalue weighted by Gasteiger charge is -2.33. The predicted octanol–water partition coefficient (Wildman–Crippen LogP) is 2.43. The van der Waals surface area contributed by atoms with Crippen molar-refractivity contribution in [3.05, 3.63) is 20.3 Å². The predicted molar refractivity (Wildman–Crippen MR) is 85.2 cm³/mol. The van der Waals surface area contributed by atoms with Crippen LogP contribution in [0.3, 0.4) is 0 Å². The molecule has 0 saturated carbocycles. The molecule has 1 aliphatic heterocycles. The van der Waals surface area contributed by atoms with Gasteiger partial charge in [0.25, 0.3) is 0 Å². The van der Waals surface area contributed by atoms with Crippen LogP contribution in [0.5, 0.6) is 0 Å². The number of thiophene rings is 1. The summed E-state index contributed by atoms with van der Waals surface area (Å²) in [6.45, 7) is 0.825. The van der Waals surface area contributed by atoms with Crippen molar-refractivity contribution >= 4 is 39.3 Å². The highest BCUT2D eigenvalue weighted by Crippen LogP contribution is 2.29. The van der Waals surface area contributed by atoms with Gasteiger partial charge in [-0.3, -0.25) is 0 Å². The fourth-order valence-electron chi connectivity index (χ4n) is 2.32. The smallest absolute Gasteiger partial charge is 0.410 e. The number of rotatable bonds is 6. The molecule has 2 heterocycles. The minimum atomic E-state index is -0.370. The Morgan fingerprint density at radius 3 is 3.09 bits per heavy atom. The van der Waals surface area contributed by atoms with Gasteiger partial charge < -0.3 is 19.5 Å². The number of aliphatic hydroxyl groups is 1. The van der Waals surface area contributed by atoms with E-state index in [4.69, 9.17) is 9.47 Å². The standard InChI is InChI=1S/C14H18BrNO5S/c1-20-13(18)12-7-10(15)11(22-12)3-2-5-16-9(8-17)4-6-21-14(16)19/h7,9,17H,2-6,8H2,1H3/t9-/m1/s1. The molecule has 0 spiro atoms. The van der Waals surface area contributed by atoms with E-state index in [0.29, 0.717) is 24.4 Å². The summed E-state index contributed by atoms with van der Waals surface area (Å²) in [7, 11) is 1.35. The molecule has 0 radical (unpaired) electrons. The van der Waals surface area contributed by atoms with Crippen molar-refractivity contribution in [3.63, 3.8) is 0 Å². The summed E-state index contributed by atoms with van der Waals surface area (Å²) >= 11 is 4.82. The summed E-state index contributed by atoms with van der Waals surface area (Å²) in [6.07, 6.45) is 1.73. The number of halogens is 1. The van der Waals surface area contributed by atoms with Gasteiger partial charge in [0.15, 0.2) is 0 Å². The zero-order chi connectivity index (χ0) is 16.1. The minimum Gasteiger partial charge on any atom is -0.465 e. The van der Waals surface area contributed by atoms with Crippen molar-refractivity contribution in [3.8, 4) is 0 Å². The number of cyclic esters (lactones) is 1. The maximum Gasteiger partial charge on any atom is 0.410 e. The summed E-state index contributed by atoms with van der Waals surface area (Å²) in [5.41, 5.74) is 0. The fourth-order valence-corrected chi connectivity index (χ4v) is 4.16. The number of aryl methyl sites for hydroxylation is 1. The van der Waals surface area contributed by atoms with Gasteiger partial charge in [0.05, 0.1) is 26.4 Å². The summed E-state index contributed by atoms with van der Waals surface area (Å²) < 4.78 is 10.6. The second kappa shape index (κ2) is 7.94. The summed E-state index contributed by atoms with van der Waals surface area (Å²) in [5.74, 6) is -0.350. The van der Waals surface area contributed by atoms with E-state index < -0.39 is 0 Å². The molecule has 1 fully saturated rings. The Labute approximate surface area is 141 Å². The van der Waals surface area contributed by atoms with Crippen LogP contribution in [-0.2, 0) is 15.9 Å².